The Kier molecular flexibility index (Phi) is 4.02. The van der Waals surface area contributed by atoms with Crippen LogP contribution in [0.25, 0.3) is 0 Å². The first kappa shape index (κ1) is 14.8. The number of anilines is 1. The van der Waals surface area contributed by atoms with Gasteiger partial charge in [-0.15, -0.1) is 0 Å². The summed E-state index contributed by atoms with van der Waals surface area (Å²) in [6.07, 6.45) is 1.24. The Bertz CT molecular complexity index is 654. The highest BCUT2D eigenvalue weighted by molar-refractivity contribution is 7.88. The number of aryl methyl sites for hydroxylation is 2. The van der Waals surface area contributed by atoms with E-state index in [2.05, 4.69) is 11.0 Å². The number of benzene rings is 1. The lowest BCUT2D eigenvalue weighted by atomic mass is 10.0. The first-order chi connectivity index (χ1) is 9.32. The molecule has 0 radical (unpaired) electrons. The molecule has 20 heavy (non-hydrogen) atoms. The molecule has 1 fully saturated rings. The summed E-state index contributed by atoms with van der Waals surface area (Å²) in [6.45, 7) is 6.18. The first-order valence-corrected chi connectivity index (χ1v) is 8.39. The Balaban J connectivity index is 2.23. The van der Waals surface area contributed by atoms with E-state index in [1.165, 1.54) is 10.6 Å². The Labute approximate surface area is 120 Å². The molecule has 1 heterocycles. The summed E-state index contributed by atoms with van der Waals surface area (Å²) in [6, 6.07) is 6.14. The third-order valence-corrected chi connectivity index (χ3v) is 5.08. The molecule has 0 aromatic heterocycles. The predicted octanol–water partition coefficient (Wildman–Crippen LogP) is 1.26. The predicted molar refractivity (Wildman–Crippen MR) is 79.3 cm³/mol. The number of sulfonamides is 1. The SMILES string of the molecule is Cc1cc(C#N)c(N2CCN(S(C)(=O)=O)CC2)cc1C. The van der Waals surface area contributed by atoms with Crippen LogP contribution in [0.5, 0.6) is 0 Å². The van der Waals surface area contributed by atoms with Gasteiger partial charge in [0, 0.05) is 26.2 Å². The maximum atomic E-state index is 11.5. The topological polar surface area (TPSA) is 64.4 Å². The van der Waals surface area contributed by atoms with Crippen molar-refractivity contribution in [2.45, 2.75) is 13.8 Å². The van der Waals surface area contributed by atoms with Crippen LogP contribution < -0.4 is 4.90 Å². The fourth-order valence-electron chi connectivity index (χ4n) is 2.41. The van der Waals surface area contributed by atoms with Gasteiger partial charge in [-0.05, 0) is 37.1 Å². The Morgan fingerprint density at radius 2 is 1.65 bits per heavy atom. The molecule has 0 saturated carbocycles. The van der Waals surface area contributed by atoms with Crippen molar-refractivity contribution in [3.8, 4) is 6.07 Å². The second-order valence-electron chi connectivity index (χ2n) is 5.21. The van der Waals surface area contributed by atoms with E-state index in [1.54, 1.807) is 0 Å². The van der Waals surface area contributed by atoms with Gasteiger partial charge in [-0.3, -0.25) is 0 Å². The van der Waals surface area contributed by atoms with Gasteiger partial charge in [-0.25, -0.2) is 8.42 Å². The van der Waals surface area contributed by atoms with E-state index in [9.17, 15) is 13.7 Å². The molecular formula is C14H19N3O2S. The van der Waals surface area contributed by atoms with Crippen LogP contribution in [0, 0.1) is 25.2 Å². The van der Waals surface area contributed by atoms with Crippen molar-refractivity contribution in [2.75, 3.05) is 37.3 Å². The zero-order valence-electron chi connectivity index (χ0n) is 12.0. The summed E-state index contributed by atoms with van der Waals surface area (Å²) in [5, 5.41) is 9.26. The van der Waals surface area contributed by atoms with Gasteiger partial charge in [-0.2, -0.15) is 9.57 Å². The minimum absolute atomic E-state index is 0.469. The molecule has 0 spiro atoms. The minimum atomic E-state index is -3.12. The van der Waals surface area contributed by atoms with E-state index < -0.39 is 10.0 Å². The summed E-state index contributed by atoms with van der Waals surface area (Å²) < 4.78 is 24.5. The van der Waals surface area contributed by atoms with Gasteiger partial charge in [0.25, 0.3) is 0 Å². The van der Waals surface area contributed by atoms with Crippen molar-refractivity contribution < 1.29 is 8.42 Å². The molecule has 5 nitrogen and oxygen atoms in total. The molecule has 0 bridgehead atoms. The smallest absolute Gasteiger partial charge is 0.211 e. The van der Waals surface area contributed by atoms with Crippen LogP contribution in [0.3, 0.4) is 0 Å². The van der Waals surface area contributed by atoms with E-state index in [1.807, 2.05) is 26.0 Å². The molecule has 0 aliphatic carbocycles. The van der Waals surface area contributed by atoms with Gasteiger partial charge >= 0.3 is 0 Å². The van der Waals surface area contributed by atoms with Crippen LogP contribution >= 0.6 is 0 Å². The number of rotatable bonds is 2. The molecule has 1 saturated heterocycles. The van der Waals surface area contributed by atoms with E-state index in [0.717, 1.165) is 16.8 Å². The molecule has 6 heteroatoms. The van der Waals surface area contributed by atoms with E-state index in [-0.39, 0.29) is 0 Å². The summed E-state index contributed by atoms with van der Waals surface area (Å²) in [5.74, 6) is 0. The minimum Gasteiger partial charge on any atom is -0.368 e. The maximum Gasteiger partial charge on any atom is 0.211 e. The van der Waals surface area contributed by atoms with Crippen LogP contribution in [0.4, 0.5) is 5.69 Å². The summed E-state index contributed by atoms with van der Waals surface area (Å²) in [5.41, 5.74) is 3.80. The summed E-state index contributed by atoms with van der Waals surface area (Å²) in [4.78, 5) is 2.09. The van der Waals surface area contributed by atoms with Crippen LogP contribution in [-0.4, -0.2) is 45.2 Å². The maximum absolute atomic E-state index is 11.5. The average molecular weight is 293 g/mol. The van der Waals surface area contributed by atoms with Crippen molar-refractivity contribution in [1.29, 1.82) is 5.26 Å². The van der Waals surface area contributed by atoms with Crippen LogP contribution in [-0.2, 0) is 10.0 Å². The van der Waals surface area contributed by atoms with Crippen molar-refractivity contribution in [3.63, 3.8) is 0 Å². The molecule has 0 amide bonds. The monoisotopic (exact) mass is 293 g/mol. The Hall–Kier alpha value is -1.58. The molecule has 1 aliphatic heterocycles. The average Bonchev–Trinajstić information content (AvgIpc) is 2.40. The number of hydrogen-bond donors (Lipinski definition) is 0. The van der Waals surface area contributed by atoms with Crippen molar-refractivity contribution in [1.82, 2.24) is 4.31 Å². The number of piperazine rings is 1. The number of hydrogen-bond acceptors (Lipinski definition) is 4. The first-order valence-electron chi connectivity index (χ1n) is 6.54. The molecule has 0 atom stereocenters. The third kappa shape index (κ3) is 2.94. The van der Waals surface area contributed by atoms with Gasteiger partial charge in [0.1, 0.15) is 6.07 Å². The summed E-state index contributed by atoms with van der Waals surface area (Å²) >= 11 is 0. The zero-order valence-corrected chi connectivity index (χ0v) is 12.9. The van der Waals surface area contributed by atoms with Crippen LogP contribution in [0.15, 0.2) is 12.1 Å². The molecule has 1 aromatic rings. The van der Waals surface area contributed by atoms with Gasteiger partial charge in [0.05, 0.1) is 17.5 Å². The van der Waals surface area contributed by atoms with Gasteiger partial charge < -0.3 is 4.90 Å². The lowest BCUT2D eigenvalue weighted by molar-refractivity contribution is 0.388. The molecular weight excluding hydrogens is 274 g/mol. The number of nitriles is 1. The molecule has 0 unspecified atom stereocenters. The van der Waals surface area contributed by atoms with E-state index in [4.69, 9.17) is 0 Å². The molecule has 2 rings (SSSR count). The quantitative estimate of drug-likeness (QED) is 0.823. The molecule has 108 valence electrons. The second kappa shape index (κ2) is 5.43. The molecule has 0 N–H and O–H groups in total. The second-order valence-corrected chi connectivity index (χ2v) is 7.20. The Morgan fingerprint density at radius 3 is 2.15 bits per heavy atom. The van der Waals surface area contributed by atoms with Crippen molar-refractivity contribution >= 4 is 15.7 Å². The normalized spacial score (nSPS) is 17.0. The zero-order chi connectivity index (χ0) is 14.9. The lowest BCUT2D eigenvalue weighted by Gasteiger charge is -2.35. The van der Waals surface area contributed by atoms with Crippen molar-refractivity contribution in [2.24, 2.45) is 0 Å². The van der Waals surface area contributed by atoms with Gasteiger partial charge in [0.15, 0.2) is 0 Å². The molecule has 1 aromatic carbocycles. The molecule has 1 aliphatic rings. The fraction of sp³-hybridized carbons (Fsp3) is 0.500. The fourth-order valence-corrected chi connectivity index (χ4v) is 3.24. The number of nitrogens with zero attached hydrogens (tertiary/aromatic N) is 3. The van der Waals surface area contributed by atoms with Crippen molar-refractivity contribution in [3.05, 3.63) is 28.8 Å². The van der Waals surface area contributed by atoms with Gasteiger partial charge in [-0.1, -0.05) is 0 Å². The van der Waals surface area contributed by atoms with E-state index >= 15 is 0 Å². The lowest BCUT2D eigenvalue weighted by Crippen LogP contribution is -2.48. The third-order valence-electron chi connectivity index (χ3n) is 3.78. The highest BCUT2D eigenvalue weighted by Crippen LogP contribution is 2.25. The standard InChI is InChI=1S/C14H19N3O2S/c1-11-8-13(10-15)14(9-12(11)2)16-4-6-17(7-5-16)20(3,18)19/h8-9H,4-7H2,1-3H3. The van der Waals surface area contributed by atoms with Crippen LogP contribution in [0.2, 0.25) is 0 Å². The van der Waals surface area contributed by atoms with Crippen LogP contribution in [0.1, 0.15) is 16.7 Å². The van der Waals surface area contributed by atoms with E-state index in [0.29, 0.717) is 31.7 Å². The Morgan fingerprint density at radius 1 is 1.10 bits per heavy atom. The highest BCUT2D eigenvalue weighted by Gasteiger charge is 2.24. The highest BCUT2D eigenvalue weighted by atomic mass is 32.2. The largest absolute Gasteiger partial charge is 0.368 e. The summed E-state index contributed by atoms with van der Waals surface area (Å²) in [7, 11) is -3.12. The van der Waals surface area contributed by atoms with Gasteiger partial charge in [0.2, 0.25) is 10.0 Å².